The number of carbonyl (C=O) groups excluding carboxylic acids is 1. The smallest absolute Gasteiger partial charge is 0.261 e. The Morgan fingerprint density at radius 3 is 2.67 bits per heavy atom. The third-order valence-electron chi connectivity index (χ3n) is 3.72. The Bertz CT molecular complexity index is 912. The monoisotopic (exact) mass is 383 g/mol. The van der Waals surface area contributed by atoms with Crippen molar-refractivity contribution in [3.63, 3.8) is 0 Å². The number of para-hydroxylation sites is 1. The molecule has 7 heteroatoms. The first kappa shape index (κ1) is 18.7. The van der Waals surface area contributed by atoms with Crippen molar-refractivity contribution in [3.05, 3.63) is 78.2 Å². The molecule has 0 radical (unpaired) electrons. The molecule has 0 fully saturated rings. The van der Waals surface area contributed by atoms with Crippen LogP contribution in [0.1, 0.15) is 5.89 Å². The van der Waals surface area contributed by atoms with Gasteiger partial charge in [-0.05, 0) is 12.1 Å². The van der Waals surface area contributed by atoms with Crippen LogP contribution in [0.2, 0.25) is 5.02 Å². The highest BCUT2D eigenvalue weighted by Gasteiger charge is 2.18. The van der Waals surface area contributed by atoms with Gasteiger partial charge in [-0.1, -0.05) is 65.3 Å². The van der Waals surface area contributed by atoms with Crippen LogP contribution in [0.25, 0.3) is 11.4 Å². The van der Waals surface area contributed by atoms with Crippen LogP contribution in [0.15, 0.2) is 71.8 Å². The molecule has 6 nitrogen and oxygen atoms in total. The highest BCUT2D eigenvalue weighted by Crippen LogP contribution is 2.23. The Morgan fingerprint density at radius 1 is 1.19 bits per heavy atom. The van der Waals surface area contributed by atoms with Gasteiger partial charge in [-0.3, -0.25) is 4.79 Å². The van der Waals surface area contributed by atoms with Crippen molar-refractivity contribution in [2.45, 2.75) is 6.54 Å². The number of hydrogen-bond acceptors (Lipinski definition) is 5. The van der Waals surface area contributed by atoms with Gasteiger partial charge in [0.2, 0.25) is 11.7 Å². The van der Waals surface area contributed by atoms with Gasteiger partial charge >= 0.3 is 0 Å². The molecule has 3 aromatic rings. The number of aromatic nitrogens is 2. The Kier molecular flexibility index (Phi) is 6.22. The van der Waals surface area contributed by atoms with Crippen LogP contribution in [0.3, 0.4) is 0 Å². The number of nitrogens with zero attached hydrogens (tertiary/aromatic N) is 3. The quantitative estimate of drug-likeness (QED) is 0.550. The predicted octanol–water partition coefficient (Wildman–Crippen LogP) is 3.98. The SMILES string of the molecule is C=CCN(Cc1nc(-c2ccccc2)no1)C(=O)COc1ccccc1Cl. The fourth-order valence-corrected chi connectivity index (χ4v) is 2.58. The van der Waals surface area contributed by atoms with E-state index in [4.69, 9.17) is 20.9 Å². The minimum Gasteiger partial charge on any atom is -0.482 e. The van der Waals surface area contributed by atoms with E-state index in [1.807, 2.05) is 30.3 Å². The lowest BCUT2D eigenvalue weighted by Gasteiger charge is -2.19. The van der Waals surface area contributed by atoms with Crippen molar-refractivity contribution >= 4 is 17.5 Å². The molecule has 1 heterocycles. The molecule has 1 aromatic heterocycles. The number of halogens is 1. The zero-order valence-corrected chi connectivity index (χ0v) is 15.3. The summed E-state index contributed by atoms with van der Waals surface area (Å²) in [5, 5.41) is 4.41. The van der Waals surface area contributed by atoms with E-state index >= 15 is 0 Å². The first-order valence-electron chi connectivity index (χ1n) is 8.31. The molecular weight excluding hydrogens is 366 g/mol. The van der Waals surface area contributed by atoms with E-state index in [0.717, 1.165) is 5.56 Å². The van der Waals surface area contributed by atoms with Gasteiger partial charge in [-0.2, -0.15) is 4.98 Å². The second kappa shape index (κ2) is 9.00. The summed E-state index contributed by atoms with van der Waals surface area (Å²) < 4.78 is 10.8. The molecule has 0 aliphatic heterocycles. The van der Waals surface area contributed by atoms with E-state index in [1.165, 1.54) is 4.90 Å². The fraction of sp³-hybridized carbons (Fsp3) is 0.150. The number of carbonyl (C=O) groups is 1. The number of hydrogen-bond donors (Lipinski definition) is 0. The van der Waals surface area contributed by atoms with Crippen molar-refractivity contribution in [3.8, 4) is 17.1 Å². The van der Waals surface area contributed by atoms with E-state index in [2.05, 4.69) is 16.7 Å². The van der Waals surface area contributed by atoms with Gasteiger partial charge in [0.1, 0.15) is 12.3 Å². The molecule has 0 unspecified atom stereocenters. The van der Waals surface area contributed by atoms with Crippen molar-refractivity contribution in [2.75, 3.05) is 13.2 Å². The van der Waals surface area contributed by atoms with E-state index in [0.29, 0.717) is 29.0 Å². The van der Waals surface area contributed by atoms with Gasteiger partial charge in [-0.25, -0.2) is 0 Å². The van der Waals surface area contributed by atoms with Crippen LogP contribution in [-0.4, -0.2) is 34.1 Å². The largest absolute Gasteiger partial charge is 0.482 e. The van der Waals surface area contributed by atoms with Gasteiger partial charge in [0, 0.05) is 12.1 Å². The maximum atomic E-state index is 12.5. The van der Waals surface area contributed by atoms with Crippen molar-refractivity contribution < 1.29 is 14.1 Å². The molecule has 0 spiro atoms. The molecule has 27 heavy (non-hydrogen) atoms. The average molecular weight is 384 g/mol. The number of ether oxygens (including phenoxy) is 1. The first-order valence-corrected chi connectivity index (χ1v) is 8.69. The van der Waals surface area contributed by atoms with Crippen LogP contribution >= 0.6 is 11.6 Å². The van der Waals surface area contributed by atoms with Gasteiger partial charge in [-0.15, -0.1) is 6.58 Å². The third-order valence-corrected chi connectivity index (χ3v) is 4.03. The second-order valence-electron chi connectivity index (χ2n) is 5.66. The molecule has 0 atom stereocenters. The van der Waals surface area contributed by atoms with Crippen LogP contribution in [0.4, 0.5) is 0 Å². The zero-order valence-electron chi connectivity index (χ0n) is 14.5. The number of rotatable bonds is 8. The van der Waals surface area contributed by atoms with Crippen molar-refractivity contribution in [1.29, 1.82) is 0 Å². The minimum atomic E-state index is -0.241. The molecular formula is C20H18ClN3O3. The summed E-state index contributed by atoms with van der Waals surface area (Å²) in [4.78, 5) is 18.4. The van der Waals surface area contributed by atoms with E-state index in [-0.39, 0.29) is 19.1 Å². The van der Waals surface area contributed by atoms with Gasteiger partial charge in [0.05, 0.1) is 5.02 Å². The summed E-state index contributed by atoms with van der Waals surface area (Å²) in [5.41, 5.74) is 0.844. The third kappa shape index (κ3) is 4.95. The molecule has 2 aromatic carbocycles. The molecule has 1 amide bonds. The summed E-state index contributed by atoms with van der Waals surface area (Å²) in [6.07, 6.45) is 1.63. The molecule has 138 valence electrons. The van der Waals surface area contributed by atoms with E-state index < -0.39 is 0 Å². The standard InChI is InChI=1S/C20H18ClN3O3/c1-2-12-24(19(25)14-26-17-11-7-6-10-16(17)21)13-18-22-20(23-27-18)15-8-4-3-5-9-15/h2-11H,1,12-14H2. The lowest BCUT2D eigenvalue weighted by molar-refractivity contribution is -0.133. The molecule has 0 N–H and O–H groups in total. The van der Waals surface area contributed by atoms with Gasteiger partial charge in [0.15, 0.2) is 6.61 Å². The van der Waals surface area contributed by atoms with E-state index in [1.54, 1.807) is 30.3 Å². The lowest BCUT2D eigenvalue weighted by atomic mass is 10.2. The lowest BCUT2D eigenvalue weighted by Crippen LogP contribution is -2.34. The molecule has 3 rings (SSSR count). The normalized spacial score (nSPS) is 10.4. The van der Waals surface area contributed by atoms with Crippen LogP contribution in [0, 0.1) is 0 Å². The number of amides is 1. The summed E-state index contributed by atoms with van der Waals surface area (Å²) in [6.45, 7) is 4.02. The topological polar surface area (TPSA) is 68.5 Å². The average Bonchev–Trinajstić information content (AvgIpc) is 3.16. The summed E-state index contributed by atoms with van der Waals surface area (Å²) in [5.74, 6) is 1.02. The number of benzene rings is 2. The maximum Gasteiger partial charge on any atom is 0.261 e. The Morgan fingerprint density at radius 2 is 1.93 bits per heavy atom. The zero-order chi connectivity index (χ0) is 19.1. The predicted molar refractivity (Wildman–Crippen MR) is 102 cm³/mol. The molecule has 0 saturated carbocycles. The van der Waals surface area contributed by atoms with Crippen molar-refractivity contribution in [1.82, 2.24) is 15.0 Å². The Balaban J connectivity index is 1.65. The fourth-order valence-electron chi connectivity index (χ4n) is 2.39. The highest BCUT2D eigenvalue weighted by atomic mass is 35.5. The maximum absolute atomic E-state index is 12.5. The molecule has 0 aliphatic carbocycles. The molecule has 0 saturated heterocycles. The first-order chi connectivity index (χ1) is 13.2. The minimum absolute atomic E-state index is 0.156. The Hall–Kier alpha value is -3.12. The van der Waals surface area contributed by atoms with Gasteiger partial charge < -0.3 is 14.2 Å². The summed E-state index contributed by atoms with van der Waals surface area (Å²) >= 11 is 6.04. The van der Waals surface area contributed by atoms with Gasteiger partial charge in [0.25, 0.3) is 5.91 Å². The molecule has 0 aliphatic rings. The van der Waals surface area contributed by atoms with Crippen LogP contribution in [-0.2, 0) is 11.3 Å². The van der Waals surface area contributed by atoms with Crippen LogP contribution < -0.4 is 4.74 Å². The second-order valence-corrected chi connectivity index (χ2v) is 6.07. The van der Waals surface area contributed by atoms with Crippen LogP contribution in [0.5, 0.6) is 5.75 Å². The van der Waals surface area contributed by atoms with E-state index in [9.17, 15) is 4.79 Å². The Labute approximate surface area is 162 Å². The van der Waals surface area contributed by atoms with Crippen molar-refractivity contribution in [2.24, 2.45) is 0 Å². The summed E-state index contributed by atoms with van der Waals surface area (Å²) in [6, 6.07) is 16.5. The highest BCUT2D eigenvalue weighted by molar-refractivity contribution is 6.32. The summed E-state index contributed by atoms with van der Waals surface area (Å²) in [7, 11) is 0. The molecule has 0 bridgehead atoms.